The molecule has 6 nitrogen and oxygen atoms in total. The highest BCUT2D eigenvalue weighted by Gasteiger charge is 2.30. The quantitative estimate of drug-likeness (QED) is 0.922. The summed E-state index contributed by atoms with van der Waals surface area (Å²) in [5.74, 6) is -0.00480. The fraction of sp³-hybridized carbons (Fsp3) is 0.400. The van der Waals surface area contributed by atoms with Crippen molar-refractivity contribution in [2.45, 2.75) is 19.9 Å². The van der Waals surface area contributed by atoms with Crippen molar-refractivity contribution in [3.05, 3.63) is 42.0 Å². The minimum absolute atomic E-state index is 0.00480. The lowest BCUT2D eigenvalue weighted by molar-refractivity contribution is -0.118. The molecule has 2 aromatic rings. The maximum atomic E-state index is 11.9. The van der Waals surface area contributed by atoms with Gasteiger partial charge in [-0.25, -0.2) is 0 Å². The van der Waals surface area contributed by atoms with E-state index >= 15 is 0 Å². The van der Waals surface area contributed by atoms with E-state index in [1.165, 1.54) is 5.69 Å². The summed E-state index contributed by atoms with van der Waals surface area (Å²) in [6, 6.07) is 6.10. The standard InChI is InChI=1S/C15H19N5O/c1-11-6-12(2)20(18-11)14-8-19(9-14)10-15(21)17-13-4-3-5-16-7-13/h3-7,14H,8-10H2,1-2H3,(H,17,21). The number of aryl methyl sites for hydroxylation is 2. The average molecular weight is 285 g/mol. The summed E-state index contributed by atoms with van der Waals surface area (Å²) in [7, 11) is 0. The molecule has 110 valence electrons. The van der Waals surface area contributed by atoms with Crippen molar-refractivity contribution in [3.63, 3.8) is 0 Å². The van der Waals surface area contributed by atoms with Crippen LogP contribution in [0, 0.1) is 13.8 Å². The van der Waals surface area contributed by atoms with Gasteiger partial charge in [-0.2, -0.15) is 5.10 Å². The molecule has 1 amide bonds. The monoisotopic (exact) mass is 285 g/mol. The third-order valence-electron chi connectivity index (χ3n) is 3.64. The zero-order valence-corrected chi connectivity index (χ0v) is 12.3. The van der Waals surface area contributed by atoms with Gasteiger partial charge in [-0.1, -0.05) is 0 Å². The van der Waals surface area contributed by atoms with Gasteiger partial charge in [-0.15, -0.1) is 0 Å². The molecule has 0 aliphatic carbocycles. The molecular formula is C15H19N5O. The Morgan fingerprint density at radius 3 is 2.86 bits per heavy atom. The second-order valence-electron chi connectivity index (χ2n) is 5.51. The van der Waals surface area contributed by atoms with E-state index in [0.29, 0.717) is 12.6 Å². The van der Waals surface area contributed by atoms with Gasteiger partial charge in [0, 0.05) is 25.0 Å². The van der Waals surface area contributed by atoms with Gasteiger partial charge in [0.2, 0.25) is 5.91 Å². The predicted octanol–water partition coefficient (Wildman–Crippen LogP) is 1.39. The van der Waals surface area contributed by atoms with Crippen LogP contribution in [-0.2, 0) is 4.79 Å². The second kappa shape index (κ2) is 5.65. The van der Waals surface area contributed by atoms with Crippen LogP contribution in [0.25, 0.3) is 0 Å². The Kier molecular flexibility index (Phi) is 3.70. The Morgan fingerprint density at radius 2 is 2.24 bits per heavy atom. The number of carbonyl (C=O) groups excluding carboxylic acids is 1. The zero-order chi connectivity index (χ0) is 14.8. The highest BCUT2D eigenvalue weighted by Crippen LogP contribution is 2.22. The summed E-state index contributed by atoms with van der Waals surface area (Å²) in [5.41, 5.74) is 2.95. The Hall–Kier alpha value is -2.21. The van der Waals surface area contributed by atoms with Crippen molar-refractivity contribution in [1.29, 1.82) is 0 Å². The molecule has 3 heterocycles. The van der Waals surface area contributed by atoms with Crippen LogP contribution in [0.2, 0.25) is 0 Å². The van der Waals surface area contributed by atoms with Crippen LogP contribution < -0.4 is 5.32 Å². The molecule has 6 heteroatoms. The smallest absolute Gasteiger partial charge is 0.238 e. The van der Waals surface area contributed by atoms with E-state index in [-0.39, 0.29) is 5.91 Å². The average Bonchev–Trinajstić information content (AvgIpc) is 2.73. The molecule has 0 saturated carbocycles. The molecule has 0 aromatic carbocycles. The van der Waals surface area contributed by atoms with Crippen molar-refractivity contribution in [2.75, 3.05) is 25.0 Å². The van der Waals surface area contributed by atoms with Crippen molar-refractivity contribution in [3.8, 4) is 0 Å². The number of rotatable bonds is 4. The molecular weight excluding hydrogens is 266 g/mol. The molecule has 1 fully saturated rings. The van der Waals surface area contributed by atoms with Crippen molar-refractivity contribution in [2.24, 2.45) is 0 Å². The first kappa shape index (κ1) is 13.8. The third-order valence-corrected chi connectivity index (χ3v) is 3.64. The van der Waals surface area contributed by atoms with Crippen LogP contribution in [0.15, 0.2) is 30.6 Å². The van der Waals surface area contributed by atoms with E-state index in [1.807, 2.05) is 13.0 Å². The highest BCUT2D eigenvalue weighted by atomic mass is 16.2. The van der Waals surface area contributed by atoms with Crippen LogP contribution in [0.5, 0.6) is 0 Å². The summed E-state index contributed by atoms with van der Waals surface area (Å²) in [5, 5.41) is 7.34. The Morgan fingerprint density at radius 1 is 1.43 bits per heavy atom. The summed E-state index contributed by atoms with van der Waals surface area (Å²) < 4.78 is 2.06. The lowest BCUT2D eigenvalue weighted by atomic mass is 10.1. The number of amides is 1. The highest BCUT2D eigenvalue weighted by molar-refractivity contribution is 5.92. The maximum absolute atomic E-state index is 11.9. The summed E-state index contributed by atoms with van der Waals surface area (Å²) in [6.07, 6.45) is 3.33. The minimum Gasteiger partial charge on any atom is -0.324 e. The Bertz CT molecular complexity index is 631. The topological polar surface area (TPSA) is 63.1 Å². The number of nitrogens with one attached hydrogen (secondary N) is 1. The van der Waals surface area contributed by atoms with Gasteiger partial charge >= 0.3 is 0 Å². The molecule has 0 atom stereocenters. The molecule has 0 radical (unpaired) electrons. The van der Waals surface area contributed by atoms with Gasteiger partial charge in [0.1, 0.15) is 0 Å². The lowest BCUT2D eigenvalue weighted by Crippen LogP contribution is -2.51. The number of hydrogen-bond donors (Lipinski definition) is 1. The summed E-state index contributed by atoms with van der Waals surface area (Å²) >= 11 is 0. The first-order valence-corrected chi connectivity index (χ1v) is 7.07. The van der Waals surface area contributed by atoms with Crippen LogP contribution in [0.3, 0.4) is 0 Å². The molecule has 1 N–H and O–H groups in total. The van der Waals surface area contributed by atoms with Crippen LogP contribution in [-0.4, -0.2) is 45.2 Å². The summed E-state index contributed by atoms with van der Waals surface area (Å²) in [4.78, 5) is 18.0. The van der Waals surface area contributed by atoms with Crippen molar-refractivity contribution >= 4 is 11.6 Å². The van der Waals surface area contributed by atoms with Gasteiger partial charge in [0.05, 0.1) is 30.2 Å². The van der Waals surface area contributed by atoms with E-state index in [9.17, 15) is 4.79 Å². The van der Waals surface area contributed by atoms with Crippen LogP contribution >= 0.6 is 0 Å². The number of nitrogens with zero attached hydrogens (tertiary/aromatic N) is 4. The largest absolute Gasteiger partial charge is 0.324 e. The van der Waals surface area contributed by atoms with Gasteiger partial charge in [0.15, 0.2) is 0 Å². The summed E-state index contributed by atoms with van der Waals surface area (Å²) in [6.45, 7) is 6.20. The Balaban J connectivity index is 1.49. The number of anilines is 1. The molecule has 0 unspecified atom stereocenters. The van der Waals surface area contributed by atoms with Gasteiger partial charge < -0.3 is 5.32 Å². The first-order chi connectivity index (χ1) is 10.1. The Labute approximate surface area is 123 Å². The fourth-order valence-electron chi connectivity index (χ4n) is 2.68. The lowest BCUT2D eigenvalue weighted by Gasteiger charge is -2.39. The SMILES string of the molecule is Cc1cc(C)n(C2CN(CC(=O)Nc3cccnc3)C2)n1. The van der Waals surface area contributed by atoms with Crippen molar-refractivity contribution < 1.29 is 4.79 Å². The second-order valence-corrected chi connectivity index (χ2v) is 5.51. The number of hydrogen-bond acceptors (Lipinski definition) is 4. The van der Waals surface area contributed by atoms with Crippen molar-refractivity contribution in [1.82, 2.24) is 19.7 Å². The molecule has 0 bridgehead atoms. The molecule has 3 rings (SSSR count). The zero-order valence-electron chi connectivity index (χ0n) is 12.3. The minimum atomic E-state index is -0.00480. The fourth-order valence-corrected chi connectivity index (χ4v) is 2.68. The van der Waals surface area contributed by atoms with Gasteiger partial charge in [0.25, 0.3) is 0 Å². The molecule has 1 saturated heterocycles. The van der Waals surface area contributed by atoms with E-state index in [4.69, 9.17) is 0 Å². The molecule has 2 aromatic heterocycles. The number of likely N-dealkylation sites (tertiary alicyclic amines) is 1. The third kappa shape index (κ3) is 3.11. The number of pyridine rings is 1. The van der Waals surface area contributed by atoms with Crippen LogP contribution in [0.1, 0.15) is 17.4 Å². The number of aromatic nitrogens is 3. The van der Waals surface area contributed by atoms with E-state index in [1.54, 1.807) is 18.5 Å². The molecule has 1 aliphatic heterocycles. The van der Waals surface area contributed by atoms with E-state index < -0.39 is 0 Å². The maximum Gasteiger partial charge on any atom is 0.238 e. The normalized spacial score (nSPS) is 15.7. The van der Waals surface area contributed by atoms with Crippen LogP contribution in [0.4, 0.5) is 5.69 Å². The molecule has 21 heavy (non-hydrogen) atoms. The molecule has 1 aliphatic rings. The van der Waals surface area contributed by atoms with Gasteiger partial charge in [-0.05, 0) is 32.0 Å². The first-order valence-electron chi connectivity index (χ1n) is 7.07. The predicted molar refractivity (Wildman–Crippen MR) is 80.0 cm³/mol. The number of carbonyl (C=O) groups is 1. The van der Waals surface area contributed by atoms with Gasteiger partial charge in [-0.3, -0.25) is 19.4 Å². The molecule has 0 spiro atoms. The van der Waals surface area contributed by atoms with E-state index in [0.717, 1.165) is 24.5 Å². The van der Waals surface area contributed by atoms with E-state index in [2.05, 4.69) is 38.0 Å².